The van der Waals surface area contributed by atoms with Crippen LogP contribution in [0.3, 0.4) is 0 Å². The number of para-hydroxylation sites is 2. The Hall–Kier alpha value is -3.75. The second-order valence-electron chi connectivity index (χ2n) is 6.91. The number of H-pyrrole nitrogens is 1. The number of aryl methyl sites for hydroxylation is 2. The number of carbonyl (C=O) groups excluding carboxylic acids is 1. The van der Waals surface area contributed by atoms with Gasteiger partial charge in [0.1, 0.15) is 11.9 Å². The maximum absolute atomic E-state index is 12.6. The minimum atomic E-state index is -0.788. The summed E-state index contributed by atoms with van der Waals surface area (Å²) in [7, 11) is 0. The van der Waals surface area contributed by atoms with Crippen molar-refractivity contribution in [2.75, 3.05) is 0 Å². The van der Waals surface area contributed by atoms with Crippen molar-refractivity contribution in [1.82, 2.24) is 34.8 Å². The summed E-state index contributed by atoms with van der Waals surface area (Å²) in [5.41, 5.74) is 3.11. The molecule has 9 nitrogen and oxygen atoms in total. The molecule has 0 saturated heterocycles. The fourth-order valence-electron chi connectivity index (χ4n) is 3.19. The van der Waals surface area contributed by atoms with Crippen LogP contribution in [0.15, 0.2) is 47.3 Å². The first kappa shape index (κ1) is 18.6. The molecule has 0 saturated carbocycles. The van der Waals surface area contributed by atoms with E-state index in [9.17, 15) is 9.59 Å². The number of nitrogens with zero attached hydrogens (tertiary/aromatic N) is 5. The Labute approximate surface area is 166 Å². The molecule has 1 amide bonds. The molecule has 0 bridgehead atoms. The maximum Gasteiger partial charge on any atom is 0.267 e. The van der Waals surface area contributed by atoms with Crippen LogP contribution >= 0.6 is 0 Å². The van der Waals surface area contributed by atoms with Gasteiger partial charge in [0.25, 0.3) is 5.56 Å². The molecule has 3 heterocycles. The van der Waals surface area contributed by atoms with Crippen molar-refractivity contribution in [2.45, 2.75) is 33.4 Å². The van der Waals surface area contributed by atoms with Crippen molar-refractivity contribution in [2.24, 2.45) is 0 Å². The lowest BCUT2D eigenvalue weighted by Crippen LogP contribution is -2.37. The molecule has 29 heavy (non-hydrogen) atoms. The van der Waals surface area contributed by atoms with Gasteiger partial charge in [-0.25, -0.2) is 14.3 Å². The molecule has 148 valence electrons. The van der Waals surface area contributed by atoms with Crippen molar-refractivity contribution in [1.29, 1.82) is 0 Å². The van der Waals surface area contributed by atoms with Gasteiger partial charge < -0.3 is 10.3 Å². The smallest absolute Gasteiger partial charge is 0.267 e. The number of benzene rings is 1. The highest BCUT2D eigenvalue weighted by Gasteiger charge is 2.19. The molecule has 0 aliphatic heterocycles. The van der Waals surface area contributed by atoms with E-state index in [1.165, 1.54) is 10.7 Å². The van der Waals surface area contributed by atoms with E-state index in [2.05, 4.69) is 25.5 Å². The maximum atomic E-state index is 12.6. The van der Waals surface area contributed by atoms with Gasteiger partial charge in [-0.2, -0.15) is 5.10 Å². The molecule has 1 aromatic carbocycles. The molecule has 4 rings (SSSR count). The number of amides is 1. The number of carbonyl (C=O) groups is 1. The van der Waals surface area contributed by atoms with Gasteiger partial charge in [0.2, 0.25) is 5.91 Å². The highest BCUT2D eigenvalue weighted by Crippen LogP contribution is 2.11. The molecular weight excluding hydrogens is 370 g/mol. The first-order chi connectivity index (χ1) is 13.9. The van der Waals surface area contributed by atoms with Crippen molar-refractivity contribution < 1.29 is 4.79 Å². The molecule has 1 atom stereocenters. The Morgan fingerprint density at radius 2 is 1.97 bits per heavy atom. The Kier molecular flexibility index (Phi) is 4.71. The van der Waals surface area contributed by atoms with Gasteiger partial charge in [0.05, 0.1) is 23.3 Å². The Balaban J connectivity index is 1.53. The SMILES string of the molecule is Cc1cc(C)n(-c2ccc(=O)n([C@H](C)C(=O)NCc3nc4ccccc4[nH]3)n2)n1. The largest absolute Gasteiger partial charge is 0.347 e. The zero-order chi connectivity index (χ0) is 20.5. The second kappa shape index (κ2) is 7.34. The summed E-state index contributed by atoms with van der Waals surface area (Å²) in [6, 6.07) is 11.8. The summed E-state index contributed by atoms with van der Waals surface area (Å²) in [5, 5.41) is 11.5. The first-order valence-corrected chi connectivity index (χ1v) is 9.27. The standard InChI is InChI=1S/C20H21N7O2/c1-12-10-13(2)26(24-12)18-8-9-19(28)27(25-18)14(3)20(29)21-11-17-22-15-6-4-5-7-16(15)23-17/h4-10,14H,11H2,1-3H3,(H,21,29)(H,22,23)/t14-/m1/s1. The van der Waals surface area contributed by atoms with Crippen molar-refractivity contribution >= 4 is 16.9 Å². The topological polar surface area (TPSA) is 110 Å². The van der Waals surface area contributed by atoms with Crippen LogP contribution in [0.5, 0.6) is 0 Å². The third-order valence-corrected chi connectivity index (χ3v) is 4.65. The summed E-state index contributed by atoms with van der Waals surface area (Å²) in [6.07, 6.45) is 0. The van der Waals surface area contributed by atoms with Gasteiger partial charge in [-0.3, -0.25) is 9.59 Å². The van der Waals surface area contributed by atoms with Crippen LogP contribution in [0, 0.1) is 13.8 Å². The predicted molar refractivity (Wildman–Crippen MR) is 108 cm³/mol. The van der Waals surface area contributed by atoms with Crippen LogP contribution in [0.25, 0.3) is 16.9 Å². The molecule has 0 aliphatic rings. The molecule has 0 radical (unpaired) electrons. The molecule has 2 N–H and O–H groups in total. The van der Waals surface area contributed by atoms with E-state index in [0.717, 1.165) is 22.4 Å². The summed E-state index contributed by atoms with van der Waals surface area (Å²) in [4.78, 5) is 32.5. The number of hydrogen-bond donors (Lipinski definition) is 2. The van der Waals surface area contributed by atoms with Crippen molar-refractivity contribution in [3.05, 3.63) is 70.0 Å². The quantitative estimate of drug-likeness (QED) is 0.539. The Morgan fingerprint density at radius 3 is 2.69 bits per heavy atom. The van der Waals surface area contributed by atoms with Gasteiger partial charge in [-0.1, -0.05) is 12.1 Å². The summed E-state index contributed by atoms with van der Waals surface area (Å²) >= 11 is 0. The zero-order valence-electron chi connectivity index (χ0n) is 16.4. The molecule has 4 aromatic rings. The lowest BCUT2D eigenvalue weighted by Gasteiger charge is -2.14. The van der Waals surface area contributed by atoms with Crippen LogP contribution < -0.4 is 10.9 Å². The van der Waals surface area contributed by atoms with Crippen molar-refractivity contribution in [3.8, 4) is 5.82 Å². The van der Waals surface area contributed by atoms with Crippen LogP contribution in [0.2, 0.25) is 0 Å². The molecule has 0 spiro atoms. The zero-order valence-corrected chi connectivity index (χ0v) is 16.4. The lowest BCUT2D eigenvalue weighted by molar-refractivity contribution is -0.124. The van der Waals surface area contributed by atoms with Crippen LogP contribution in [0.1, 0.15) is 30.2 Å². The minimum Gasteiger partial charge on any atom is -0.347 e. The minimum absolute atomic E-state index is 0.226. The predicted octanol–water partition coefficient (Wildman–Crippen LogP) is 1.80. The number of aromatic nitrogens is 6. The molecule has 3 aromatic heterocycles. The number of rotatable bonds is 5. The fourth-order valence-corrected chi connectivity index (χ4v) is 3.19. The fraction of sp³-hybridized carbons (Fsp3) is 0.250. The Morgan fingerprint density at radius 1 is 1.17 bits per heavy atom. The van der Waals surface area contributed by atoms with Crippen LogP contribution in [0.4, 0.5) is 0 Å². The van der Waals surface area contributed by atoms with E-state index >= 15 is 0 Å². The molecule has 0 fully saturated rings. The van der Waals surface area contributed by atoms with Crippen molar-refractivity contribution in [3.63, 3.8) is 0 Å². The van der Waals surface area contributed by atoms with Gasteiger partial charge in [0.15, 0.2) is 5.82 Å². The summed E-state index contributed by atoms with van der Waals surface area (Å²) in [6.45, 7) is 5.64. The average Bonchev–Trinajstić information content (AvgIpc) is 3.28. The van der Waals surface area contributed by atoms with Gasteiger partial charge in [-0.05, 0) is 45.0 Å². The molecule has 9 heteroatoms. The molecule has 0 unspecified atom stereocenters. The van der Waals surface area contributed by atoms with Crippen LogP contribution in [-0.2, 0) is 11.3 Å². The Bertz CT molecular complexity index is 1220. The third-order valence-electron chi connectivity index (χ3n) is 4.65. The summed E-state index contributed by atoms with van der Waals surface area (Å²) < 4.78 is 2.81. The van der Waals surface area contributed by atoms with E-state index in [1.54, 1.807) is 17.7 Å². The third kappa shape index (κ3) is 3.66. The monoisotopic (exact) mass is 391 g/mol. The lowest BCUT2D eigenvalue weighted by atomic mass is 10.3. The second-order valence-corrected chi connectivity index (χ2v) is 6.91. The van der Waals surface area contributed by atoms with Crippen LogP contribution in [-0.4, -0.2) is 35.4 Å². The van der Waals surface area contributed by atoms with E-state index in [0.29, 0.717) is 11.6 Å². The van der Waals surface area contributed by atoms with Gasteiger partial charge >= 0.3 is 0 Å². The van der Waals surface area contributed by atoms with E-state index in [1.807, 2.05) is 44.2 Å². The number of imidazole rings is 1. The normalized spacial score (nSPS) is 12.2. The first-order valence-electron chi connectivity index (χ1n) is 9.27. The number of fused-ring (bicyclic) bond motifs is 1. The van der Waals surface area contributed by atoms with E-state index in [4.69, 9.17) is 0 Å². The van der Waals surface area contributed by atoms with E-state index < -0.39 is 6.04 Å². The molecular formula is C20H21N7O2. The number of nitrogens with one attached hydrogen (secondary N) is 2. The summed E-state index contributed by atoms with van der Waals surface area (Å²) in [5.74, 6) is 0.793. The highest BCUT2D eigenvalue weighted by molar-refractivity contribution is 5.80. The number of aromatic amines is 1. The van der Waals surface area contributed by atoms with Gasteiger partial charge in [-0.15, -0.1) is 5.10 Å². The molecule has 0 aliphatic carbocycles. The number of hydrogen-bond acceptors (Lipinski definition) is 5. The van der Waals surface area contributed by atoms with Gasteiger partial charge in [0, 0.05) is 11.8 Å². The average molecular weight is 391 g/mol. The van der Waals surface area contributed by atoms with E-state index in [-0.39, 0.29) is 18.0 Å². The highest BCUT2D eigenvalue weighted by atomic mass is 16.2.